The van der Waals surface area contributed by atoms with E-state index in [1.54, 1.807) is 25.4 Å². The molecule has 0 saturated heterocycles. The molecule has 0 aliphatic heterocycles. The minimum Gasteiger partial charge on any atom is -0.326 e. The first-order chi connectivity index (χ1) is 10.0. The van der Waals surface area contributed by atoms with Crippen LogP contribution in [0.15, 0.2) is 48.7 Å². The number of rotatable bonds is 6. The summed E-state index contributed by atoms with van der Waals surface area (Å²) in [7, 11) is -1.83. The van der Waals surface area contributed by atoms with E-state index in [-0.39, 0.29) is 5.75 Å². The SMILES string of the molecule is CN(c1cccc(CN)c1)S(=O)(=O)CCc1ccccn1. The first-order valence-corrected chi connectivity index (χ1v) is 8.29. The molecule has 0 unspecified atom stereocenters. The number of nitrogens with two attached hydrogens (primary N) is 1. The molecule has 21 heavy (non-hydrogen) atoms. The Morgan fingerprint density at radius 3 is 2.67 bits per heavy atom. The zero-order chi connectivity index (χ0) is 15.3. The second kappa shape index (κ2) is 6.69. The van der Waals surface area contributed by atoms with Gasteiger partial charge in [-0.3, -0.25) is 9.29 Å². The van der Waals surface area contributed by atoms with Crippen LogP contribution in [0.25, 0.3) is 0 Å². The van der Waals surface area contributed by atoms with Crippen molar-refractivity contribution in [3.05, 3.63) is 59.9 Å². The summed E-state index contributed by atoms with van der Waals surface area (Å²) in [6.07, 6.45) is 2.06. The molecular formula is C15H19N3O2S. The quantitative estimate of drug-likeness (QED) is 0.878. The molecule has 112 valence electrons. The second-order valence-corrected chi connectivity index (χ2v) is 6.85. The first-order valence-electron chi connectivity index (χ1n) is 6.68. The molecule has 2 N–H and O–H groups in total. The number of anilines is 1. The molecule has 0 atom stereocenters. The maximum absolute atomic E-state index is 12.4. The van der Waals surface area contributed by atoms with Crippen LogP contribution < -0.4 is 10.0 Å². The lowest BCUT2D eigenvalue weighted by molar-refractivity contribution is 0.593. The summed E-state index contributed by atoms with van der Waals surface area (Å²) >= 11 is 0. The van der Waals surface area contributed by atoms with E-state index < -0.39 is 10.0 Å². The van der Waals surface area contributed by atoms with Crippen LogP contribution in [0, 0.1) is 0 Å². The Morgan fingerprint density at radius 2 is 2.00 bits per heavy atom. The van der Waals surface area contributed by atoms with Crippen LogP contribution in [0.5, 0.6) is 0 Å². The molecular weight excluding hydrogens is 286 g/mol. The normalized spacial score (nSPS) is 11.3. The van der Waals surface area contributed by atoms with Gasteiger partial charge in [-0.15, -0.1) is 0 Å². The number of sulfonamides is 1. The zero-order valence-corrected chi connectivity index (χ0v) is 12.8. The third-order valence-corrected chi connectivity index (χ3v) is 5.03. The highest BCUT2D eigenvalue weighted by molar-refractivity contribution is 7.92. The minimum atomic E-state index is -3.38. The number of hydrogen-bond acceptors (Lipinski definition) is 4. The van der Waals surface area contributed by atoms with Crippen LogP contribution in [0.3, 0.4) is 0 Å². The predicted octanol–water partition coefficient (Wildman–Crippen LogP) is 1.55. The van der Waals surface area contributed by atoms with Crippen molar-refractivity contribution in [2.24, 2.45) is 5.73 Å². The summed E-state index contributed by atoms with van der Waals surface area (Å²) in [4.78, 5) is 4.14. The smallest absolute Gasteiger partial charge is 0.235 e. The molecule has 5 nitrogen and oxygen atoms in total. The average molecular weight is 305 g/mol. The van der Waals surface area contributed by atoms with Gasteiger partial charge in [-0.25, -0.2) is 8.42 Å². The van der Waals surface area contributed by atoms with E-state index in [0.717, 1.165) is 11.3 Å². The number of aromatic nitrogens is 1. The molecule has 0 saturated carbocycles. The van der Waals surface area contributed by atoms with Crippen LogP contribution in [-0.2, 0) is 23.0 Å². The van der Waals surface area contributed by atoms with Crippen molar-refractivity contribution in [3.8, 4) is 0 Å². The molecule has 0 aliphatic rings. The molecule has 0 radical (unpaired) electrons. The van der Waals surface area contributed by atoms with Crippen molar-refractivity contribution in [2.75, 3.05) is 17.1 Å². The Labute approximate surface area is 125 Å². The van der Waals surface area contributed by atoms with Gasteiger partial charge in [-0.2, -0.15) is 0 Å². The lowest BCUT2D eigenvalue weighted by atomic mass is 10.2. The largest absolute Gasteiger partial charge is 0.326 e. The molecule has 2 aromatic rings. The van der Waals surface area contributed by atoms with Gasteiger partial charge in [0.05, 0.1) is 11.4 Å². The third kappa shape index (κ3) is 4.03. The van der Waals surface area contributed by atoms with Gasteiger partial charge < -0.3 is 5.73 Å². The topological polar surface area (TPSA) is 76.3 Å². The number of nitrogens with zero attached hydrogens (tertiary/aromatic N) is 2. The maximum atomic E-state index is 12.4. The Bertz CT molecular complexity index is 687. The summed E-state index contributed by atoms with van der Waals surface area (Å²) < 4.78 is 26.0. The minimum absolute atomic E-state index is 0.0212. The highest BCUT2D eigenvalue weighted by atomic mass is 32.2. The van der Waals surface area contributed by atoms with E-state index in [2.05, 4.69) is 4.98 Å². The second-order valence-electron chi connectivity index (χ2n) is 4.73. The van der Waals surface area contributed by atoms with Crippen LogP contribution >= 0.6 is 0 Å². The molecule has 1 aromatic carbocycles. The van der Waals surface area contributed by atoms with Gasteiger partial charge in [0.2, 0.25) is 10.0 Å². The molecule has 0 fully saturated rings. The van der Waals surface area contributed by atoms with Gasteiger partial charge in [0.1, 0.15) is 0 Å². The van der Waals surface area contributed by atoms with Crippen LogP contribution in [0.2, 0.25) is 0 Å². The molecule has 0 bridgehead atoms. The highest BCUT2D eigenvalue weighted by Gasteiger charge is 2.18. The zero-order valence-electron chi connectivity index (χ0n) is 11.9. The van der Waals surface area contributed by atoms with Gasteiger partial charge in [0.25, 0.3) is 0 Å². The van der Waals surface area contributed by atoms with Gasteiger partial charge >= 0.3 is 0 Å². The molecule has 1 heterocycles. The molecule has 0 amide bonds. The highest BCUT2D eigenvalue weighted by Crippen LogP contribution is 2.18. The fourth-order valence-electron chi connectivity index (χ4n) is 1.96. The van der Waals surface area contributed by atoms with E-state index in [0.29, 0.717) is 18.7 Å². The van der Waals surface area contributed by atoms with Crippen LogP contribution in [-0.4, -0.2) is 26.2 Å². The third-order valence-electron chi connectivity index (χ3n) is 3.27. The van der Waals surface area contributed by atoms with Gasteiger partial charge in [-0.05, 0) is 29.8 Å². The van der Waals surface area contributed by atoms with E-state index >= 15 is 0 Å². The Kier molecular flexibility index (Phi) is 4.93. The fraction of sp³-hybridized carbons (Fsp3) is 0.267. The number of benzene rings is 1. The van der Waals surface area contributed by atoms with Gasteiger partial charge in [0.15, 0.2) is 0 Å². The summed E-state index contributed by atoms with van der Waals surface area (Å²) in [5, 5.41) is 0. The number of hydrogen-bond donors (Lipinski definition) is 1. The Hall–Kier alpha value is -1.92. The van der Waals surface area contributed by atoms with E-state index in [1.165, 1.54) is 4.31 Å². The lowest BCUT2D eigenvalue weighted by Crippen LogP contribution is -2.30. The van der Waals surface area contributed by atoms with Crippen LogP contribution in [0.1, 0.15) is 11.3 Å². The van der Waals surface area contributed by atoms with Crippen molar-refractivity contribution in [1.82, 2.24) is 4.98 Å². The average Bonchev–Trinajstić information content (AvgIpc) is 2.53. The molecule has 6 heteroatoms. The summed E-state index contributed by atoms with van der Waals surface area (Å²) in [6.45, 7) is 0.385. The van der Waals surface area contributed by atoms with Crippen molar-refractivity contribution in [3.63, 3.8) is 0 Å². The van der Waals surface area contributed by atoms with E-state index in [1.807, 2.05) is 30.3 Å². The monoisotopic (exact) mass is 305 g/mol. The fourth-order valence-corrected chi connectivity index (χ4v) is 3.13. The lowest BCUT2D eigenvalue weighted by Gasteiger charge is -2.20. The molecule has 1 aromatic heterocycles. The first kappa shape index (κ1) is 15.5. The van der Waals surface area contributed by atoms with Crippen molar-refractivity contribution < 1.29 is 8.42 Å². The predicted molar refractivity (Wildman–Crippen MR) is 84.5 cm³/mol. The molecule has 0 aliphatic carbocycles. The Balaban J connectivity index is 2.11. The number of pyridine rings is 1. The summed E-state index contributed by atoms with van der Waals surface area (Å²) in [5.41, 5.74) is 7.88. The van der Waals surface area contributed by atoms with E-state index in [9.17, 15) is 8.42 Å². The van der Waals surface area contributed by atoms with Gasteiger partial charge in [0, 0.05) is 31.9 Å². The van der Waals surface area contributed by atoms with Crippen molar-refractivity contribution >= 4 is 15.7 Å². The Morgan fingerprint density at radius 1 is 1.19 bits per heavy atom. The maximum Gasteiger partial charge on any atom is 0.235 e. The van der Waals surface area contributed by atoms with Crippen molar-refractivity contribution in [1.29, 1.82) is 0 Å². The van der Waals surface area contributed by atoms with E-state index in [4.69, 9.17) is 5.73 Å². The van der Waals surface area contributed by atoms with Crippen molar-refractivity contribution in [2.45, 2.75) is 13.0 Å². The standard InChI is InChI=1S/C15H19N3O2S/c1-18(15-7-4-5-13(11-15)12-16)21(19,20)10-8-14-6-2-3-9-17-14/h2-7,9,11H,8,10,12,16H2,1H3. The summed E-state index contributed by atoms with van der Waals surface area (Å²) in [6, 6.07) is 12.7. The molecule has 0 spiro atoms. The van der Waals surface area contributed by atoms with Gasteiger partial charge in [-0.1, -0.05) is 18.2 Å². The van der Waals surface area contributed by atoms with Crippen LogP contribution in [0.4, 0.5) is 5.69 Å². The summed E-state index contributed by atoms with van der Waals surface area (Å²) in [5.74, 6) is 0.0212. The number of aryl methyl sites for hydroxylation is 1. The molecule has 2 rings (SSSR count).